The molecule has 0 aliphatic carbocycles. The fourth-order valence-electron chi connectivity index (χ4n) is 2.31. The lowest BCUT2D eigenvalue weighted by Gasteiger charge is -2.13. The molecule has 0 saturated carbocycles. The highest BCUT2D eigenvalue weighted by Crippen LogP contribution is 2.25. The standard InChI is InChI=1S/C17H18ClN5O2/c1-11-9-15(22(3)20-11)19-16(24)12(2)25-17-14(18)10-23(21-17)13-7-5-4-6-8-13/h4-10,12H,1-3H3,(H,19,24)/t12-/m0/s1. The van der Waals surface area contributed by atoms with Gasteiger partial charge in [-0.1, -0.05) is 29.8 Å². The molecule has 1 aromatic carbocycles. The zero-order valence-electron chi connectivity index (χ0n) is 14.1. The van der Waals surface area contributed by atoms with E-state index in [0.29, 0.717) is 10.8 Å². The maximum atomic E-state index is 12.3. The van der Waals surface area contributed by atoms with Crippen LogP contribution in [0.1, 0.15) is 12.6 Å². The number of aromatic nitrogens is 4. The Morgan fingerprint density at radius 3 is 2.64 bits per heavy atom. The lowest BCUT2D eigenvalue weighted by Crippen LogP contribution is -2.31. The molecule has 0 fully saturated rings. The van der Waals surface area contributed by atoms with Gasteiger partial charge in [0.05, 0.1) is 17.6 Å². The Morgan fingerprint density at radius 2 is 2.00 bits per heavy atom. The van der Waals surface area contributed by atoms with Gasteiger partial charge in [0.2, 0.25) is 0 Å². The lowest BCUT2D eigenvalue weighted by molar-refractivity contribution is -0.122. The molecule has 7 nitrogen and oxygen atoms in total. The fourth-order valence-corrected chi connectivity index (χ4v) is 2.48. The molecule has 3 aromatic rings. The van der Waals surface area contributed by atoms with Crippen LogP contribution < -0.4 is 10.1 Å². The van der Waals surface area contributed by atoms with Crippen LogP contribution in [0, 0.1) is 6.92 Å². The van der Waals surface area contributed by atoms with Crippen LogP contribution >= 0.6 is 11.6 Å². The van der Waals surface area contributed by atoms with E-state index < -0.39 is 6.10 Å². The predicted molar refractivity (Wildman–Crippen MR) is 95.2 cm³/mol. The number of hydrogen-bond donors (Lipinski definition) is 1. The average molecular weight is 360 g/mol. The van der Waals surface area contributed by atoms with E-state index >= 15 is 0 Å². The quantitative estimate of drug-likeness (QED) is 0.760. The molecule has 130 valence electrons. The molecule has 0 bridgehead atoms. The van der Waals surface area contributed by atoms with Crippen LogP contribution in [0.25, 0.3) is 5.69 Å². The van der Waals surface area contributed by atoms with Crippen LogP contribution in [-0.2, 0) is 11.8 Å². The number of para-hydroxylation sites is 1. The third kappa shape index (κ3) is 3.83. The Bertz CT molecular complexity index is 888. The zero-order valence-corrected chi connectivity index (χ0v) is 14.9. The molecule has 1 amide bonds. The molecule has 25 heavy (non-hydrogen) atoms. The summed E-state index contributed by atoms with van der Waals surface area (Å²) >= 11 is 6.18. The van der Waals surface area contributed by atoms with Crippen molar-refractivity contribution in [1.29, 1.82) is 0 Å². The molecular formula is C17H18ClN5O2. The summed E-state index contributed by atoms with van der Waals surface area (Å²) in [5.41, 5.74) is 1.66. The molecule has 1 N–H and O–H groups in total. The third-order valence-corrected chi connectivity index (χ3v) is 3.83. The van der Waals surface area contributed by atoms with Crippen LogP contribution in [0.15, 0.2) is 42.6 Å². The molecule has 0 radical (unpaired) electrons. The van der Waals surface area contributed by atoms with Gasteiger partial charge in [-0.15, -0.1) is 5.10 Å². The van der Waals surface area contributed by atoms with E-state index in [0.717, 1.165) is 11.4 Å². The molecule has 0 aliphatic rings. The van der Waals surface area contributed by atoms with Gasteiger partial charge in [0.1, 0.15) is 10.8 Å². The first kappa shape index (κ1) is 17.0. The summed E-state index contributed by atoms with van der Waals surface area (Å²) in [6.45, 7) is 3.49. The molecule has 3 rings (SSSR count). The highest BCUT2D eigenvalue weighted by Gasteiger charge is 2.20. The molecule has 0 unspecified atom stereocenters. The van der Waals surface area contributed by atoms with E-state index in [2.05, 4.69) is 15.5 Å². The van der Waals surface area contributed by atoms with Crippen LogP contribution in [-0.4, -0.2) is 31.6 Å². The first-order valence-electron chi connectivity index (χ1n) is 7.73. The number of aryl methyl sites for hydroxylation is 2. The van der Waals surface area contributed by atoms with Crippen molar-refractivity contribution in [2.24, 2.45) is 7.05 Å². The van der Waals surface area contributed by atoms with Crippen molar-refractivity contribution in [3.05, 3.63) is 53.3 Å². The van der Waals surface area contributed by atoms with E-state index in [1.165, 1.54) is 0 Å². The number of nitrogens with zero attached hydrogens (tertiary/aromatic N) is 4. The van der Waals surface area contributed by atoms with Gasteiger partial charge in [-0.3, -0.25) is 9.48 Å². The first-order chi connectivity index (χ1) is 11.9. The van der Waals surface area contributed by atoms with Crippen molar-refractivity contribution >= 4 is 23.3 Å². The summed E-state index contributed by atoms with van der Waals surface area (Å²) in [4.78, 5) is 12.3. The summed E-state index contributed by atoms with van der Waals surface area (Å²) in [5, 5.41) is 11.6. The Kier molecular flexibility index (Phi) is 4.76. The van der Waals surface area contributed by atoms with Gasteiger partial charge in [0, 0.05) is 13.1 Å². The lowest BCUT2D eigenvalue weighted by atomic mass is 10.3. The van der Waals surface area contributed by atoms with Crippen LogP contribution in [0.4, 0.5) is 5.82 Å². The Morgan fingerprint density at radius 1 is 1.28 bits per heavy atom. The second-order valence-electron chi connectivity index (χ2n) is 5.61. The second-order valence-corrected chi connectivity index (χ2v) is 6.01. The summed E-state index contributed by atoms with van der Waals surface area (Å²) < 4.78 is 8.82. The molecule has 2 aromatic heterocycles. The van der Waals surface area contributed by atoms with Crippen LogP contribution in [0.3, 0.4) is 0 Å². The molecule has 2 heterocycles. The van der Waals surface area contributed by atoms with Crippen molar-refractivity contribution in [3.63, 3.8) is 0 Å². The van der Waals surface area contributed by atoms with E-state index in [-0.39, 0.29) is 11.8 Å². The van der Waals surface area contributed by atoms with Crippen molar-refractivity contribution in [2.45, 2.75) is 20.0 Å². The number of ether oxygens (including phenoxy) is 1. The second kappa shape index (κ2) is 6.98. The van der Waals surface area contributed by atoms with Crippen LogP contribution in [0.5, 0.6) is 5.88 Å². The fraction of sp³-hybridized carbons (Fsp3) is 0.235. The molecular weight excluding hydrogens is 342 g/mol. The minimum absolute atomic E-state index is 0.203. The van der Waals surface area contributed by atoms with E-state index in [1.54, 1.807) is 35.6 Å². The topological polar surface area (TPSA) is 74.0 Å². The maximum absolute atomic E-state index is 12.3. The van der Waals surface area contributed by atoms with Crippen molar-refractivity contribution in [1.82, 2.24) is 19.6 Å². The van der Waals surface area contributed by atoms with Gasteiger partial charge in [-0.05, 0) is 26.0 Å². The third-order valence-electron chi connectivity index (χ3n) is 3.57. The molecule has 0 saturated heterocycles. The Balaban J connectivity index is 1.70. The minimum atomic E-state index is -0.771. The van der Waals surface area contributed by atoms with Gasteiger partial charge < -0.3 is 10.1 Å². The van der Waals surface area contributed by atoms with E-state index in [4.69, 9.17) is 16.3 Å². The number of halogens is 1. The molecule has 1 atom stereocenters. The predicted octanol–water partition coefficient (Wildman–Crippen LogP) is 2.97. The molecule has 8 heteroatoms. The van der Waals surface area contributed by atoms with Crippen molar-refractivity contribution < 1.29 is 9.53 Å². The number of nitrogens with one attached hydrogen (secondary N) is 1. The minimum Gasteiger partial charge on any atom is -0.462 e. The van der Waals surface area contributed by atoms with Crippen molar-refractivity contribution in [3.8, 4) is 11.6 Å². The molecule has 0 spiro atoms. The van der Waals surface area contributed by atoms with Crippen LogP contribution in [0.2, 0.25) is 5.02 Å². The van der Waals surface area contributed by atoms with Gasteiger partial charge in [-0.2, -0.15) is 5.10 Å². The van der Waals surface area contributed by atoms with Gasteiger partial charge in [0.25, 0.3) is 11.8 Å². The number of rotatable bonds is 5. The monoisotopic (exact) mass is 359 g/mol. The largest absolute Gasteiger partial charge is 0.462 e. The summed E-state index contributed by atoms with van der Waals surface area (Å²) in [7, 11) is 1.76. The number of anilines is 1. The van der Waals surface area contributed by atoms with Gasteiger partial charge in [-0.25, -0.2) is 4.68 Å². The number of benzene rings is 1. The summed E-state index contributed by atoms with van der Waals surface area (Å²) in [6, 6.07) is 11.3. The number of carbonyl (C=O) groups is 1. The summed E-state index contributed by atoms with van der Waals surface area (Å²) in [5.74, 6) is 0.488. The smallest absolute Gasteiger partial charge is 0.266 e. The molecule has 0 aliphatic heterocycles. The van der Waals surface area contributed by atoms with E-state index in [9.17, 15) is 4.79 Å². The first-order valence-corrected chi connectivity index (χ1v) is 8.10. The maximum Gasteiger partial charge on any atom is 0.266 e. The highest BCUT2D eigenvalue weighted by atomic mass is 35.5. The normalized spacial score (nSPS) is 12.0. The Hall–Kier alpha value is -2.80. The summed E-state index contributed by atoms with van der Waals surface area (Å²) in [6.07, 6.45) is 0.869. The average Bonchev–Trinajstić information content (AvgIpc) is 3.10. The number of amides is 1. The SMILES string of the molecule is Cc1cc(NC(=O)[C@H](C)Oc2nn(-c3ccccc3)cc2Cl)n(C)n1. The number of carbonyl (C=O) groups excluding carboxylic acids is 1. The zero-order chi connectivity index (χ0) is 18.0. The van der Waals surface area contributed by atoms with Crippen molar-refractivity contribution in [2.75, 3.05) is 5.32 Å². The highest BCUT2D eigenvalue weighted by molar-refractivity contribution is 6.31. The van der Waals surface area contributed by atoms with Gasteiger partial charge >= 0.3 is 0 Å². The van der Waals surface area contributed by atoms with Gasteiger partial charge in [0.15, 0.2) is 6.10 Å². The van der Waals surface area contributed by atoms with E-state index in [1.807, 2.05) is 37.3 Å². The number of hydrogen-bond acceptors (Lipinski definition) is 4. The Labute approximate surface area is 150 Å².